The number of fused-ring (bicyclic) bond motifs is 2. The molecule has 5 rings (SSSR count). The van der Waals surface area contributed by atoms with Gasteiger partial charge < -0.3 is 25.4 Å². The lowest BCUT2D eigenvalue weighted by Gasteiger charge is -2.32. The minimum Gasteiger partial charge on any atom is -0.489 e. The van der Waals surface area contributed by atoms with E-state index in [-0.39, 0.29) is 11.9 Å². The van der Waals surface area contributed by atoms with Crippen molar-refractivity contribution < 1.29 is 13.9 Å². The molecule has 0 atom stereocenters. The Balaban J connectivity index is 1.53. The first kappa shape index (κ1) is 26.0. The molecule has 0 radical (unpaired) electrons. The van der Waals surface area contributed by atoms with Crippen molar-refractivity contribution in [2.24, 2.45) is 10.7 Å². The number of benzene rings is 2. The second kappa shape index (κ2) is 11.8. The first-order valence-corrected chi connectivity index (χ1v) is 13.3. The third-order valence-electron chi connectivity index (χ3n) is 6.61. The van der Waals surface area contributed by atoms with Crippen LogP contribution >= 0.6 is 11.3 Å². The van der Waals surface area contributed by atoms with E-state index in [1.165, 1.54) is 23.9 Å². The summed E-state index contributed by atoms with van der Waals surface area (Å²) in [5, 5.41) is 3.85. The Morgan fingerprint density at radius 1 is 1.24 bits per heavy atom. The van der Waals surface area contributed by atoms with Gasteiger partial charge in [0.25, 0.3) is 0 Å². The number of allylic oxidation sites excluding steroid dienone is 1. The fourth-order valence-corrected chi connectivity index (χ4v) is 5.36. The van der Waals surface area contributed by atoms with Crippen molar-refractivity contribution in [3.8, 4) is 5.75 Å². The van der Waals surface area contributed by atoms with Gasteiger partial charge in [-0.3, -0.25) is 4.99 Å². The number of likely N-dealkylation sites (tertiary alicyclic amines) is 1. The third kappa shape index (κ3) is 5.45. The van der Waals surface area contributed by atoms with E-state index in [9.17, 15) is 0 Å². The predicted octanol–water partition coefficient (Wildman–Crippen LogP) is 4.61. The second-order valence-electron chi connectivity index (χ2n) is 9.00. The van der Waals surface area contributed by atoms with Crippen LogP contribution in [0.3, 0.4) is 0 Å². The number of halogens is 1. The Labute approximate surface area is 224 Å². The minimum atomic E-state index is -0.369. The molecule has 3 N–H and O–H groups in total. The number of nitrogens with zero attached hydrogens (tertiary/aromatic N) is 5. The number of methoxy groups -OCH3 is 1. The number of anilines is 2. The highest BCUT2D eigenvalue weighted by atomic mass is 32.1. The van der Waals surface area contributed by atoms with E-state index < -0.39 is 0 Å². The number of nitrogens with two attached hydrogens (primary N) is 1. The fraction of sp³-hybridized carbons (Fsp3) is 0.333. The van der Waals surface area contributed by atoms with Crippen LogP contribution in [0, 0.1) is 5.82 Å². The Morgan fingerprint density at radius 3 is 2.84 bits per heavy atom. The normalized spacial score (nSPS) is 15.6. The van der Waals surface area contributed by atoms with Crippen LogP contribution < -0.4 is 15.8 Å². The molecular weight excluding hydrogens is 505 g/mol. The summed E-state index contributed by atoms with van der Waals surface area (Å²) in [4.78, 5) is 19.7. The molecular formula is C27H30FN7O2S. The lowest BCUT2D eigenvalue weighted by molar-refractivity contribution is 0.0805. The highest BCUT2D eigenvalue weighted by Crippen LogP contribution is 2.37. The molecule has 1 aliphatic rings. The molecule has 0 saturated carbocycles. The van der Waals surface area contributed by atoms with E-state index in [2.05, 4.69) is 30.2 Å². The lowest BCUT2D eigenvalue weighted by atomic mass is 10.0. The van der Waals surface area contributed by atoms with E-state index in [4.69, 9.17) is 15.2 Å². The summed E-state index contributed by atoms with van der Waals surface area (Å²) in [6.45, 7) is 3.45. The molecule has 2 aromatic heterocycles. The number of hydrogen-bond donors (Lipinski definition) is 2. The fourth-order valence-electron chi connectivity index (χ4n) is 4.63. The summed E-state index contributed by atoms with van der Waals surface area (Å²) < 4.78 is 27.6. The van der Waals surface area contributed by atoms with Crippen LogP contribution in [0.4, 0.5) is 15.9 Å². The Kier molecular flexibility index (Phi) is 8.06. The molecule has 0 unspecified atom stereocenters. The maximum atomic E-state index is 15.3. The van der Waals surface area contributed by atoms with Crippen molar-refractivity contribution in [2.75, 3.05) is 45.7 Å². The van der Waals surface area contributed by atoms with Crippen LogP contribution in [-0.2, 0) is 4.74 Å². The van der Waals surface area contributed by atoms with E-state index in [1.807, 2.05) is 12.1 Å². The highest BCUT2D eigenvalue weighted by Gasteiger charge is 2.23. The molecule has 0 amide bonds. The number of thiazole rings is 1. The number of aliphatic imine (C=N–C) groups is 1. The van der Waals surface area contributed by atoms with E-state index in [0.29, 0.717) is 45.0 Å². The van der Waals surface area contributed by atoms with E-state index in [1.54, 1.807) is 38.0 Å². The van der Waals surface area contributed by atoms with Crippen molar-refractivity contribution >= 4 is 55.7 Å². The number of rotatable bonds is 9. The SMILES string of the molecule is CN=C/C(=C\N)c1cc(OC2CCN(CCOC)CC2)c2c(Nc3ccc4ncsc4c3F)ncnc2c1. The molecule has 198 valence electrons. The van der Waals surface area contributed by atoms with E-state index >= 15 is 4.39 Å². The van der Waals surface area contributed by atoms with Crippen molar-refractivity contribution in [3.05, 3.63) is 53.7 Å². The first-order chi connectivity index (χ1) is 18.6. The van der Waals surface area contributed by atoms with Gasteiger partial charge >= 0.3 is 0 Å². The maximum absolute atomic E-state index is 15.3. The molecule has 38 heavy (non-hydrogen) atoms. The number of piperidine rings is 1. The highest BCUT2D eigenvalue weighted by molar-refractivity contribution is 7.16. The molecule has 0 spiro atoms. The van der Waals surface area contributed by atoms with Crippen LogP contribution in [0.25, 0.3) is 26.7 Å². The molecule has 1 fully saturated rings. The predicted molar refractivity (Wildman–Crippen MR) is 151 cm³/mol. The summed E-state index contributed by atoms with van der Waals surface area (Å²) in [5.74, 6) is 0.699. The average molecular weight is 536 g/mol. The third-order valence-corrected chi connectivity index (χ3v) is 7.45. The van der Waals surface area contributed by atoms with Gasteiger partial charge in [-0.25, -0.2) is 19.3 Å². The van der Waals surface area contributed by atoms with Gasteiger partial charge in [0.2, 0.25) is 0 Å². The molecule has 1 aliphatic heterocycles. The quantitative estimate of drug-likeness (QED) is 0.299. The topological polar surface area (TPSA) is 111 Å². The molecule has 11 heteroatoms. The van der Waals surface area contributed by atoms with E-state index in [0.717, 1.165) is 43.6 Å². The zero-order chi connectivity index (χ0) is 26.5. The number of aromatic nitrogens is 3. The summed E-state index contributed by atoms with van der Waals surface area (Å²) >= 11 is 1.26. The summed E-state index contributed by atoms with van der Waals surface area (Å²) in [5.41, 5.74) is 10.7. The molecule has 9 nitrogen and oxygen atoms in total. The second-order valence-corrected chi connectivity index (χ2v) is 9.86. The monoisotopic (exact) mass is 535 g/mol. The Bertz CT molecular complexity index is 1480. The average Bonchev–Trinajstić information content (AvgIpc) is 3.42. The first-order valence-electron chi connectivity index (χ1n) is 12.4. The largest absolute Gasteiger partial charge is 0.489 e. The van der Waals surface area contributed by atoms with Crippen molar-refractivity contribution in [1.82, 2.24) is 19.9 Å². The molecule has 0 bridgehead atoms. The number of nitrogens with one attached hydrogen (secondary N) is 1. The maximum Gasteiger partial charge on any atom is 0.166 e. The lowest BCUT2D eigenvalue weighted by Crippen LogP contribution is -2.39. The van der Waals surface area contributed by atoms with Crippen molar-refractivity contribution in [3.63, 3.8) is 0 Å². The van der Waals surface area contributed by atoms with Crippen molar-refractivity contribution in [2.45, 2.75) is 18.9 Å². The van der Waals surface area contributed by atoms with Crippen molar-refractivity contribution in [1.29, 1.82) is 0 Å². The van der Waals surface area contributed by atoms with Gasteiger partial charge in [0.05, 0.1) is 38.9 Å². The van der Waals surface area contributed by atoms with Gasteiger partial charge in [0.1, 0.15) is 24.0 Å². The standard InChI is InChI=1S/C27H30FN7O2S/c1-30-14-18(13-29)17-11-22-24(23(12-17)37-19-5-7-35(8-6-19)9-10-36-2)27(32-15-31-22)34-20-3-4-21-26(25(20)28)38-16-33-21/h3-4,11-16,19H,5-10,29H2,1-2H3,(H,31,32,34)/b18-13+,30-14?. The number of ether oxygens (including phenoxy) is 2. The summed E-state index contributed by atoms with van der Waals surface area (Å²) in [7, 11) is 3.41. The molecule has 4 aromatic rings. The molecule has 2 aromatic carbocycles. The van der Waals surface area contributed by atoms with Gasteiger partial charge in [0, 0.05) is 51.8 Å². The van der Waals surface area contributed by atoms with Gasteiger partial charge in [-0.2, -0.15) is 0 Å². The Morgan fingerprint density at radius 2 is 2.08 bits per heavy atom. The number of hydrogen-bond acceptors (Lipinski definition) is 10. The zero-order valence-corrected chi connectivity index (χ0v) is 22.2. The molecule has 0 aliphatic carbocycles. The minimum absolute atomic E-state index is 0.00993. The summed E-state index contributed by atoms with van der Waals surface area (Å²) in [6, 6.07) is 7.29. The van der Waals surface area contributed by atoms with Gasteiger partial charge in [0.15, 0.2) is 5.82 Å². The van der Waals surface area contributed by atoms with Crippen LogP contribution in [0.15, 0.2) is 47.3 Å². The van der Waals surface area contributed by atoms with Crippen LogP contribution in [0.2, 0.25) is 0 Å². The van der Waals surface area contributed by atoms with Gasteiger partial charge in [-0.05, 0) is 42.7 Å². The smallest absolute Gasteiger partial charge is 0.166 e. The molecule has 3 heterocycles. The van der Waals surface area contributed by atoms with Crippen LogP contribution in [0.5, 0.6) is 5.75 Å². The van der Waals surface area contributed by atoms with Crippen LogP contribution in [0.1, 0.15) is 18.4 Å². The van der Waals surface area contributed by atoms with Gasteiger partial charge in [-0.1, -0.05) is 0 Å². The summed E-state index contributed by atoms with van der Waals surface area (Å²) in [6.07, 6.45) is 6.41. The zero-order valence-electron chi connectivity index (χ0n) is 21.4. The van der Waals surface area contributed by atoms with Crippen LogP contribution in [-0.4, -0.2) is 72.6 Å². The van der Waals surface area contributed by atoms with Gasteiger partial charge in [-0.15, -0.1) is 11.3 Å². The molecule has 1 saturated heterocycles. The Hall–Kier alpha value is -3.67.